The van der Waals surface area contributed by atoms with Crippen LogP contribution < -0.4 is 9.62 Å². The molecule has 1 aromatic heterocycles. The summed E-state index contributed by atoms with van der Waals surface area (Å²) in [6, 6.07) is 14.8. The highest BCUT2D eigenvalue weighted by Gasteiger charge is 2.32. The van der Waals surface area contributed by atoms with E-state index in [0.717, 1.165) is 21.9 Å². The number of aromatic nitrogens is 2. The van der Waals surface area contributed by atoms with Crippen LogP contribution in [0.15, 0.2) is 53.4 Å². The van der Waals surface area contributed by atoms with Crippen molar-refractivity contribution in [3.05, 3.63) is 71.0 Å². The fourth-order valence-electron chi connectivity index (χ4n) is 3.78. The van der Waals surface area contributed by atoms with Crippen molar-refractivity contribution in [1.82, 2.24) is 9.78 Å². The Hall–Kier alpha value is -3.13. The summed E-state index contributed by atoms with van der Waals surface area (Å²) in [6.07, 6.45) is 0.839. The summed E-state index contributed by atoms with van der Waals surface area (Å²) in [7, 11) is -2.33. The van der Waals surface area contributed by atoms with Gasteiger partial charge in [-0.3, -0.25) is 13.8 Å². The third-order valence-corrected chi connectivity index (χ3v) is 7.77. The summed E-state index contributed by atoms with van der Waals surface area (Å²) in [5.41, 5.74) is 4.16. The molecule has 7 nitrogen and oxygen atoms in total. The number of anilines is 2. The summed E-state index contributed by atoms with van der Waals surface area (Å²) >= 11 is 0. The molecular weight excluding hydrogens is 436 g/mol. The molecule has 0 aliphatic carbocycles. The molecule has 0 bridgehead atoms. The minimum Gasteiger partial charge on any atom is -0.325 e. The Balaban J connectivity index is 2.00. The molecule has 176 valence electrons. The average Bonchev–Trinajstić information content (AvgIpc) is 3.03. The molecule has 1 heterocycles. The predicted molar refractivity (Wildman–Crippen MR) is 132 cm³/mol. The molecule has 8 heteroatoms. The molecule has 2 aromatic carbocycles. The summed E-state index contributed by atoms with van der Waals surface area (Å²) < 4.78 is 30.3. The van der Waals surface area contributed by atoms with Crippen LogP contribution in [0.1, 0.15) is 49.2 Å². The quantitative estimate of drug-likeness (QED) is 0.525. The first-order valence-corrected chi connectivity index (χ1v) is 12.5. The lowest BCUT2D eigenvalue weighted by atomic mass is 10.0. The van der Waals surface area contributed by atoms with Crippen molar-refractivity contribution in [3.63, 3.8) is 0 Å². The molecule has 0 radical (unpaired) electrons. The first-order chi connectivity index (χ1) is 15.5. The van der Waals surface area contributed by atoms with Gasteiger partial charge in [-0.05, 0) is 61.6 Å². The van der Waals surface area contributed by atoms with E-state index in [0.29, 0.717) is 28.7 Å². The van der Waals surface area contributed by atoms with Crippen LogP contribution in [0.5, 0.6) is 0 Å². The Morgan fingerprint density at radius 2 is 1.79 bits per heavy atom. The molecule has 0 fully saturated rings. The minimum absolute atomic E-state index is 0.124. The zero-order chi connectivity index (χ0) is 24.3. The molecule has 33 heavy (non-hydrogen) atoms. The maximum atomic E-state index is 13.8. The van der Waals surface area contributed by atoms with Gasteiger partial charge in [0, 0.05) is 12.7 Å². The number of aryl methyl sites for hydroxylation is 3. The zero-order valence-corrected chi connectivity index (χ0v) is 20.9. The second-order valence-corrected chi connectivity index (χ2v) is 10.3. The van der Waals surface area contributed by atoms with Gasteiger partial charge < -0.3 is 5.32 Å². The third kappa shape index (κ3) is 5.27. The van der Waals surface area contributed by atoms with E-state index in [1.165, 1.54) is 0 Å². The highest BCUT2D eigenvalue weighted by atomic mass is 32.2. The molecule has 0 aliphatic heterocycles. The number of amides is 1. The summed E-state index contributed by atoms with van der Waals surface area (Å²) in [4.78, 5) is 13.1. The Morgan fingerprint density at radius 1 is 1.12 bits per heavy atom. The summed E-state index contributed by atoms with van der Waals surface area (Å²) in [6.45, 7) is 9.20. The lowest BCUT2D eigenvalue weighted by molar-refractivity contribution is -0.114. The van der Waals surface area contributed by atoms with Gasteiger partial charge in [0.15, 0.2) is 0 Å². The molecule has 0 spiro atoms. The second-order valence-electron chi connectivity index (χ2n) is 8.48. The van der Waals surface area contributed by atoms with Crippen molar-refractivity contribution < 1.29 is 13.2 Å². The number of nitrogens with one attached hydrogen (secondary N) is 1. The van der Waals surface area contributed by atoms with Crippen LogP contribution in [-0.4, -0.2) is 30.7 Å². The molecule has 0 aliphatic rings. The van der Waals surface area contributed by atoms with E-state index in [9.17, 15) is 13.2 Å². The van der Waals surface area contributed by atoms with Crippen LogP contribution in [-0.2, 0) is 28.3 Å². The van der Waals surface area contributed by atoms with E-state index < -0.39 is 15.9 Å². The fraction of sp³-hybridized carbons (Fsp3) is 0.360. The number of rotatable bonds is 8. The Morgan fingerprint density at radius 3 is 2.33 bits per heavy atom. The Labute approximate surface area is 196 Å². The topological polar surface area (TPSA) is 84.3 Å². The maximum absolute atomic E-state index is 13.8. The van der Waals surface area contributed by atoms with Gasteiger partial charge in [0.2, 0.25) is 5.91 Å². The van der Waals surface area contributed by atoms with Crippen LogP contribution in [0.4, 0.5) is 11.4 Å². The molecule has 3 rings (SSSR count). The Kier molecular flexibility index (Phi) is 7.27. The van der Waals surface area contributed by atoms with Crippen molar-refractivity contribution in [2.45, 2.75) is 51.9 Å². The van der Waals surface area contributed by atoms with Crippen LogP contribution in [0.25, 0.3) is 0 Å². The van der Waals surface area contributed by atoms with Crippen molar-refractivity contribution in [2.75, 3.05) is 16.2 Å². The van der Waals surface area contributed by atoms with Gasteiger partial charge in [0.1, 0.15) is 11.4 Å². The molecule has 0 unspecified atom stereocenters. The van der Waals surface area contributed by atoms with Gasteiger partial charge in [-0.1, -0.05) is 45.0 Å². The van der Waals surface area contributed by atoms with Gasteiger partial charge in [0.05, 0.1) is 17.1 Å². The highest BCUT2D eigenvalue weighted by molar-refractivity contribution is 7.93. The van der Waals surface area contributed by atoms with E-state index >= 15 is 0 Å². The number of hydrogen-bond acceptors (Lipinski definition) is 4. The van der Waals surface area contributed by atoms with Crippen LogP contribution >= 0.6 is 0 Å². The minimum atomic E-state index is -4.04. The van der Waals surface area contributed by atoms with E-state index in [4.69, 9.17) is 0 Å². The van der Waals surface area contributed by atoms with Crippen LogP contribution in [0, 0.1) is 13.8 Å². The fourth-order valence-corrected chi connectivity index (χ4v) is 5.60. The molecule has 1 amide bonds. The number of benzene rings is 2. The largest absolute Gasteiger partial charge is 0.325 e. The maximum Gasteiger partial charge on any atom is 0.268 e. The van der Waals surface area contributed by atoms with E-state index in [1.807, 2.05) is 37.3 Å². The van der Waals surface area contributed by atoms with Crippen molar-refractivity contribution in [3.8, 4) is 0 Å². The van der Waals surface area contributed by atoms with Gasteiger partial charge in [-0.2, -0.15) is 5.10 Å². The SMILES string of the molecule is CCc1cccc(NC(=O)CN(c2ccc(C(C)C)cc2)S(=O)(=O)c2c(C)nn(C)c2C)c1. The average molecular weight is 469 g/mol. The van der Waals surface area contributed by atoms with Crippen LogP contribution in [0.2, 0.25) is 0 Å². The molecular formula is C25H32N4O3S. The number of sulfonamides is 1. The molecule has 0 atom stereocenters. The number of nitrogens with zero attached hydrogens (tertiary/aromatic N) is 3. The second kappa shape index (κ2) is 9.79. The lowest BCUT2D eigenvalue weighted by Crippen LogP contribution is -2.38. The van der Waals surface area contributed by atoms with Crippen molar-refractivity contribution in [1.29, 1.82) is 0 Å². The van der Waals surface area contributed by atoms with Crippen molar-refractivity contribution >= 4 is 27.3 Å². The van der Waals surface area contributed by atoms with Crippen LogP contribution in [0.3, 0.4) is 0 Å². The summed E-state index contributed by atoms with van der Waals surface area (Å²) in [5, 5.41) is 7.11. The monoisotopic (exact) mass is 468 g/mol. The highest BCUT2D eigenvalue weighted by Crippen LogP contribution is 2.29. The van der Waals surface area contributed by atoms with Gasteiger partial charge in [-0.15, -0.1) is 0 Å². The molecule has 1 N–H and O–H groups in total. The van der Waals surface area contributed by atoms with E-state index in [2.05, 4.69) is 24.3 Å². The third-order valence-electron chi connectivity index (χ3n) is 5.74. The summed E-state index contributed by atoms with van der Waals surface area (Å²) in [5.74, 6) is -0.111. The molecule has 0 saturated heterocycles. The van der Waals surface area contributed by atoms with E-state index in [-0.39, 0.29) is 11.4 Å². The first kappa shape index (κ1) is 24.5. The number of hydrogen-bond donors (Lipinski definition) is 1. The predicted octanol–water partition coefficient (Wildman–Crippen LogP) is 4.56. The normalized spacial score (nSPS) is 11.6. The zero-order valence-electron chi connectivity index (χ0n) is 20.1. The first-order valence-electron chi connectivity index (χ1n) is 11.1. The smallest absolute Gasteiger partial charge is 0.268 e. The standard InChI is InChI=1S/C25H32N4O3S/c1-7-20-9-8-10-22(15-20)26-24(30)16-29(23-13-11-21(12-14-23)17(2)3)33(31,32)25-18(4)27-28(6)19(25)5/h8-15,17H,7,16H2,1-6H3,(H,26,30). The number of carbonyl (C=O) groups is 1. The lowest BCUT2D eigenvalue weighted by Gasteiger charge is -2.25. The van der Waals surface area contributed by atoms with E-state index in [1.54, 1.807) is 43.8 Å². The number of carbonyl (C=O) groups excluding carboxylic acids is 1. The van der Waals surface area contributed by atoms with Gasteiger partial charge in [0.25, 0.3) is 10.0 Å². The van der Waals surface area contributed by atoms with Gasteiger partial charge >= 0.3 is 0 Å². The van der Waals surface area contributed by atoms with Gasteiger partial charge in [-0.25, -0.2) is 8.42 Å². The molecule has 0 saturated carbocycles. The van der Waals surface area contributed by atoms with Crippen molar-refractivity contribution in [2.24, 2.45) is 7.05 Å². The molecule has 3 aromatic rings. The Bertz CT molecular complexity index is 1250.